The summed E-state index contributed by atoms with van der Waals surface area (Å²) < 4.78 is 7.57. The summed E-state index contributed by atoms with van der Waals surface area (Å²) in [6, 6.07) is 5.85. The van der Waals surface area contributed by atoms with Crippen LogP contribution in [0, 0.1) is 4.77 Å². The number of nitrogens with one attached hydrogen (secondary N) is 1. The maximum atomic E-state index is 5.22. The minimum Gasteiger partial charge on any atom is -0.497 e. The Morgan fingerprint density at radius 3 is 3.00 bits per heavy atom. The van der Waals surface area contributed by atoms with Crippen molar-refractivity contribution >= 4 is 34.3 Å². The van der Waals surface area contributed by atoms with Gasteiger partial charge in [0.2, 0.25) is 4.77 Å². The first-order valence-electron chi connectivity index (χ1n) is 5.09. The van der Waals surface area contributed by atoms with Gasteiger partial charge in [0.15, 0.2) is 5.65 Å². The number of methoxy groups -OCH3 is 1. The molecule has 3 rings (SSSR count). The quantitative estimate of drug-likeness (QED) is 0.669. The second kappa shape index (κ2) is 3.53. The Kier molecular flexibility index (Phi) is 2.12. The van der Waals surface area contributed by atoms with Crippen molar-refractivity contribution in [3.8, 4) is 5.75 Å². The molecule has 1 N–H and O–H groups in total. The highest BCUT2D eigenvalue weighted by atomic mass is 32.1. The van der Waals surface area contributed by atoms with E-state index in [1.165, 1.54) is 0 Å². The number of benzene rings is 1. The lowest BCUT2D eigenvalue weighted by molar-refractivity contribution is 0.415. The summed E-state index contributed by atoms with van der Waals surface area (Å²) in [7, 11) is 3.59. The van der Waals surface area contributed by atoms with Gasteiger partial charge in [-0.3, -0.25) is 5.10 Å². The van der Waals surface area contributed by atoms with E-state index in [1.807, 2.05) is 29.8 Å². The van der Waals surface area contributed by atoms with Gasteiger partial charge in [-0.15, -0.1) is 0 Å². The first kappa shape index (κ1) is 10.2. The van der Waals surface area contributed by atoms with Crippen molar-refractivity contribution in [2.24, 2.45) is 7.05 Å². The third kappa shape index (κ3) is 1.41. The zero-order valence-electron chi connectivity index (χ0n) is 9.39. The fourth-order valence-corrected chi connectivity index (χ4v) is 2.11. The molecule has 1 aromatic carbocycles. The Morgan fingerprint density at radius 1 is 1.41 bits per heavy atom. The van der Waals surface area contributed by atoms with Crippen LogP contribution < -0.4 is 4.74 Å². The van der Waals surface area contributed by atoms with Gasteiger partial charge in [-0.25, -0.2) is 0 Å². The molecule has 0 unspecified atom stereocenters. The smallest absolute Gasteiger partial charge is 0.215 e. The Morgan fingerprint density at radius 2 is 2.24 bits per heavy atom. The molecule has 3 aromatic rings. The number of aromatic amines is 1. The number of hydrogen-bond donors (Lipinski definition) is 1. The van der Waals surface area contributed by atoms with Crippen LogP contribution in [0.3, 0.4) is 0 Å². The maximum Gasteiger partial charge on any atom is 0.215 e. The molecule has 0 bridgehead atoms. The Hall–Kier alpha value is -1.95. The fraction of sp³-hybridized carbons (Fsp3) is 0.182. The number of hydrogen-bond acceptors (Lipinski definition) is 4. The van der Waals surface area contributed by atoms with E-state index in [2.05, 4.69) is 15.2 Å². The molecule has 2 aromatic heterocycles. The first-order chi connectivity index (χ1) is 8.20. The number of fused-ring (bicyclic) bond motifs is 3. The number of aryl methyl sites for hydroxylation is 1. The summed E-state index contributed by atoms with van der Waals surface area (Å²) >= 11 is 4.99. The molecule has 5 nitrogen and oxygen atoms in total. The molecular formula is C11H10N4OS. The summed E-state index contributed by atoms with van der Waals surface area (Å²) in [5, 5.41) is 7.95. The molecule has 0 fully saturated rings. The zero-order valence-corrected chi connectivity index (χ0v) is 10.2. The van der Waals surface area contributed by atoms with Crippen LogP contribution in [0.4, 0.5) is 0 Å². The molecule has 0 aliphatic carbocycles. The molecule has 2 heterocycles. The van der Waals surface area contributed by atoms with E-state index in [4.69, 9.17) is 17.0 Å². The van der Waals surface area contributed by atoms with Gasteiger partial charge >= 0.3 is 0 Å². The van der Waals surface area contributed by atoms with E-state index in [9.17, 15) is 0 Å². The Bertz CT molecular complexity index is 774. The molecular weight excluding hydrogens is 236 g/mol. The molecule has 0 aliphatic rings. The van der Waals surface area contributed by atoms with Crippen LogP contribution in [0.1, 0.15) is 0 Å². The van der Waals surface area contributed by atoms with Crippen molar-refractivity contribution in [2.45, 2.75) is 0 Å². The number of ether oxygens (including phenoxy) is 1. The van der Waals surface area contributed by atoms with Gasteiger partial charge in [-0.1, -0.05) is 0 Å². The third-order valence-electron chi connectivity index (χ3n) is 2.82. The van der Waals surface area contributed by atoms with Gasteiger partial charge in [0.1, 0.15) is 11.3 Å². The summed E-state index contributed by atoms with van der Waals surface area (Å²) in [5.41, 5.74) is 2.63. The van der Waals surface area contributed by atoms with E-state index < -0.39 is 0 Å². The number of H-pyrrole nitrogens is 1. The molecule has 0 saturated carbocycles. The van der Waals surface area contributed by atoms with Gasteiger partial charge < -0.3 is 9.30 Å². The van der Waals surface area contributed by atoms with Crippen LogP contribution in [-0.2, 0) is 7.05 Å². The number of rotatable bonds is 1. The monoisotopic (exact) mass is 246 g/mol. The number of nitrogens with zero attached hydrogens (tertiary/aromatic N) is 3. The van der Waals surface area contributed by atoms with Crippen molar-refractivity contribution in [1.82, 2.24) is 19.7 Å². The van der Waals surface area contributed by atoms with Crippen LogP contribution in [-0.4, -0.2) is 26.9 Å². The summed E-state index contributed by atoms with van der Waals surface area (Å²) in [6.07, 6.45) is 0. The fourth-order valence-electron chi connectivity index (χ4n) is 1.98. The number of aromatic nitrogens is 4. The van der Waals surface area contributed by atoms with Crippen molar-refractivity contribution in [2.75, 3.05) is 7.11 Å². The van der Waals surface area contributed by atoms with Gasteiger partial charge in [0, 0.05) is 12.4 Å². The Balaban J connectivity index is 2.54. The van der Waals surface area contributed by atoms with Gasteiger partial charge in [0.05, 0.1) is 12.6 Å². The van der Waals surface area contributed by atoms with Crippen molar-refractivity contribution in [3.05, 3.63) is 23.0 Å². The standard InChI is InChI=1S/C11H10N4OS/c1-15-8-4-3-6(16-2)5-7(8)9-10(15)12-11(17)14-13-9/h3-5H,1-2H3,(H,12,14,17). The summed E-state index contributed by atoms with van der Waals surface area (Å²) in [4.78, 5) is 4.29. The molecule has 6 heteroatoms. The highest BCUT2D eigenvalue weighted by Crippen LogP contribution is 2.27. The van der Waals surface area contributed by atoms with Crippen LogP contribution in [0.25, 0.3) is 22.1 Å². The topological polar surface area (TPSA) is 55.7 Å². The predicted molar refractivity (Wildman–Crippen MR) is 67.8 cm³/mol. The van der Waals surface area contributed by atoms with Crippen LogP contribution in [0.15, 0.2) is 18.2 Å². The lowest BCUT2D eigenvalue weighted by Gasteiger charge is -1.99. The molecule has 86 valence electrons. The SMILES string of the molecule is COc1ccc2c(c1)c1n[nH]c(=S)nc1n2C. The van der Waals surface area contributed by atoms with Crippen molar-refractivity contribution < 1.29 is 4.74 Å². The minimum atomic E-state index is 0.385. The molecule has 0 amide bonds. The predicted octanol–water partition coefficient (Wildman–Crippen LogP) is 2.19. The van der Waals surface area contributed by atoms with E-state index in [0.29, 0.717) is 4.77 Å². The maximum absolute atomic E-state index is 5.22. The zero-order chi connectivity index (χ0) is 12.0. The van der Waals surface area contributed by atoms with E-state index >= 15 is 0 Å². The van der Waals surface area contributed by atoms with E-state index in [0.717, 1.165) is 27.8 Å². The second-order valence-electron chi connectivity index (χ2n) is 3.75. The second-order valence-corrected chi connectivity index (χ2v) is 4.14. The molecule has 0 saturated heterocycles. The van der Waals surface area contributed by atoms with Crippen molar-refractivity contribution in [1.29, 1.82) is 0 Å². The van der Waals surface area contributed by atoms with Crippen LogP contribution in [0.2, 0.25) is 0 Å². The average Bonchev–Trinajstić information content (AvgIpc) is 2.62. The molecule has 17 heavy (non-hydrogen) atoms. The largest absolute Gasteiger partial charge is 0.497 e. The Labute approximate surface area is 102 Å². The molecule has 0 atom stereocenters. The highest BCUT2D eigenvalue weighted by molar-refractivity contribution is 7.71. The normalized spacial score (nSPS) is 11.2. The molecule has 0 spiro atoms. The minimum absolute atomic E-state index is 0.385. The lowest BCUT2D eigenvalue weighted by Crippen LogP contribution is -1.92. The van der Waals surface area contributed by atoms with Gasteiger partial charge in [-0.2, -0.15) is 10.1 Å². The molecule has 0 radical (unpaired) electrons. The summed E-state index contributed by atoms with van der Waals surface area (Å²) in [5.74, 6) is 0.800. The van der Waals surface area contributed by atoms with Gasteiger partial charge in [0.25, 0.3) is 0 Å². The average molecular weight is 246 g/mol. The van der Waals surface area contributed by atoms with Crippen molar-refractivity contribution in [3.63, 3.8) is 0 Å². The van der Waals surface area contributed by atoms with Gasteiger partial charge in [-0.05, 0) is 30.4 Å². The van der Waals surface area contributed by atoms with E-state index in [-0.39, 0.29) is 0 Å². The van der Waals surface area contributed by atoms with Crippen LogP contribution in [0.5, 0.6) is 5.75 Å². The summed E-state index contributed by atoms with van der Waals surface area (Å²) in [6.45, 7) is 0. The molecule has 0 aliphatic heterocycles. The van der Waals surface area contributed by atoms with Crippen LogP contribution >= 0.6 is 12.2 Å². The lowest BCUT2D eigenvalue weighted by atomic mass is 10.2. The highest BCUT2D eigenvalue weighted by Gasteiger charge is 2.11. The third-order valence-corrected chi connectivity index (χ3v) is 3.00. The first-order valence-corrected chi connectivity index (χ1v) is 5.50. The van der Waals surface area contributed by atoms with E-state index in [1.54, 1.807) is 7.11 Å².